The highest BCUT2D eigenvalue weighted by Gasteiger charge is 2.20. The van der Waals surface area contributed by atoms with Crippen molar-refractivity contribution in [2.45, 2.75) is 64.7 Å². The van der Waals surface area contributed by atoms with E-state index < -0.39 is 0 Å². The van der Waals surface area contributed by atoms with E-state index in [-0.39, 0.29) is 0 Å². The molecular formula is C13H27NO2. The lowest BCUT2D eigenvalue weighted by Crippen LogP contribution is -2.39. The summed E-state index contributed by atoms with van der Waals surface area (Å²) in [4.78, 5) is 0. The molecule has 0 aromatic heterocycles. The summed E-state index contributed by atoms with van der Waals surface area (Å²) in [5.74, 6) is 0. The van der Waals surface area contributed by atoms with Gasteiger partial charge in [0, 0.05) is 19.3 Å². The molecule has 96 valence electrons. The van der Waals surface area contributed by atoms with Crippen molar-refractivity contribution in [2.75, 3.05) is 19.8 Å². The number of rotatable bonds is 7. The molecule has 0 aliphatic carbocycles. The Morgan fingerprint density at radius 1 is 1.44 bits per heavy atom. The molecule has 1 aliphatic heterocycles. The Morgan fingerprint density at radius 3 is 2.94 bits per heavy atom. The Bertz CT molecular complexity index is 173. The summed E-state index contributed by atoms with van der Waals surface area (Å²) in [5.41, 5.74) is 0. The fourth-order valence-corrected chi connectivity index (χ4v) is 2.05. The van der Waals surface area contributed by atoms with Gasteiger partial charge in [0.05, 0.1) is 12.2 Å². The van der Waals surface area contributed by atoms with Gasteiger partial charge in [0.2, 0.25) is 0 Å². The molecule has 3 heteroatoms. The Kier molecular flexibility index (Phi) is 7.01. The molecule has 0 bridgehead atoms. The highest BCUT2D eigenvalue weighted by atomic mass is 16.5. The third-order valence-electron chi connectivity index (χ3n) is 3.03. The highest BCUT2D eigenvalue weighted by Crippen LogP contribution is 2.16. The topological polar surface area (TPSA) is 30.5 Å². The molecule has 2 unspecified atom stereocenters. The van der Waals surface area contributed by atoms with Crippen LogP contribution in [0.25, 0.3) is 0 Å². The summed E-state index contributed by atoms with van der Waals surface area (Å²) in [6.45, 7) is 9.20. The van der Waals surface area contributed by atoms with Crippen molar-refractivity contribution in [2.24, 2.45) is 0 Å². The van der Waals surface area contributed by atoms with Crippen molar-refractivity contribution in [1.82, 2.24) is 5.32 Å². The molecule has 0 radical (unpaired) electrons. The van der Waals surface area contributed by atoms with Crippen molar-refractivity contribution >= 4 is 0 Å². The minimum absolute atomic E-state index is 0.354. The van der Waals surface area contributed by atoms with Gasteiger partial charge in [-0.15, -0.1) is 0 Å². The molecule has 0 aromatic carbocycles. The summed E-state index contributed by atoms with van der Waals surface area (Å²) in [5, 5.41) is 3.60. The van der Waals surface area contributed by atoms with Gasteiger partial charge in [0.1, 0.15) is 0 Å². The number of hydrogen-bond acceptors (Lipinski definition) is 3. The van der Waals surface area contributed by atoms with E-state index in [9.17, 15) is 0 Å². The monoisotopic (exact) mass is 229 g/mol. The van der Waals surface area contributed by atoms with Crippen molar-refractivity contribution in [3.05, 3.63) is 0 Å². The molecule has 3 nitrogen and oxygen atoms in total. The zero-order valence-electron chi connectivity index (χ0n) is 11.0. The zero-order valence-corrected chi connectivity index (χ0v) is 11.0. The maximum atomic E-state index is 5.65. The third-order valence-corrected chi connectivity index (χ3v) is 3.03. The van der Waals surface area contributed by atoms with E-state index >= 15 is 0 Å². The molecule has 0 amide bonds. The van der Waals surface area contributed by atoms with E-state index in [1.165, 1.54) is 6.42 Å². The van der Waals surface area contributed by atoms with Crippen LogP contribution in [0, 0.1) is 0 Å². The van der Waals surface area contributed by atoms with Crippen LogP contribution in [0.1, 0.15) is 46.5 Å². The van der Waals surface area contributed by atoms with Gasteiger partial charge in [0.15, 0.2) is 0 Å². The van der Waals surface area contributed by atoms with Crippen LogP contribution in [0.3, 0.4) is 0 Å². The lowest BCUT2D eigenvalue weighted by atomic mass is 10.0. The molecule has 1 N–H and O–H groups in total. The van der Waals surface area contributed by atoms with Crippen LogP contribution in [0.15, 0.2) is 0 Å². The Labute approximate surface area is 99.9 Å². The fourth-order valence-electron chi connectivity index (χ4n) is 2.05. The van der Waals surface area contributed by atoms with Gasteiger partial charge in [0.25, 0.3) is 0 Å². The van der Waals surface area contributed by atoms with E-state index in [1.807, 2.05) is 0 Å². The third kappa shape index (κ3) is 5.83. The smallest absolute Gasteiger partial charge is 0.0587 e. The molecule has 1 saturated heterocycles. The van der Waals surface area contributed by atoms with E-state index in [1.54, 1.807) is 0 Å². The van der Waals surface area contributed by atoms with Crippen LogP contribution in [-0.2, 0) is 9.47 Å². The minimum atomic E-state index is 0.354. The molecular weight excluding hydrogens is 202 g/mol. The van der Waals surface area contributed by atoms with Gasteiger partial charge in [-0.1, -0.05) is 6.92 Å². The van der Waals surface area contributed by atoms with Crippen LogP contribution >= 0.6 is 0 Å². The number of hydrogen-bond donors (Lipinski definition) is 1. The zero-order chi connectivity index (χ0) is 11.8. The second-order valence-corrected chi connectivity index (χ2v) is 4.85. The van der Waals surface area contributed by atoms with Crippen molar-refractivity contribution < 1.29 is 9.47 Å². The summed E-state index contributed by atoms with van der Waals surface area (Å²) in [6, 6.07) is 0.651. The summed E-state index contributed by atoms with van der Waals surface area (Å²) >= 11 is 0. The van der Waals surface area contributed by atoms with Crippen LogP contribution in [0.2, 0.25) is 0 Å². The fraction of sp³-hybridized carbons (Fsp3) is 1.00. The van der Waals surface area contributed by atoms with E-state index in [4.69, 9.17) is 9.47 Å². The van der Waals surface area contributed by atoms with Crippen molar-refractivity contribution in [3.63, 3.8) is 0 Å². The molecule has 0 aromatic rings. The molecule has 1 heterocycles. The number of nitrogens with one attached hydrogen (secondary N) is 1. The van der Waals surface area contributed by atoms with Crippen molar-refractivity contribution in [3.8, 4) is 0 Å². The first-order valence-corrected chi connectivity index (χ1v) is 6.69. The maximum absolute atomic E-state index is 5.65. The first kappa shape index (κ1) is 13.9. The summed E-state index contributed by atoms with van der Waals surface area (Å²) in [6.07, 6.45) is 5.38. The lowest BCUT2D eigenvalue weighted by molar-refractivity contribution is -0.000562. The molecule has 1 aliphatic rings. The van der Waals surface area contributed by atoms with E-state index in [2.05, 4.69) is 26.1 Å². The molecule has 0 spiro atoms. The first-order valence-electron chi connectivity index (χ1n) is 6.69. The Hall–Kier alpha value is -0.120. The standard InChI is InChI=1S/C13H27NO2/c1-4-13-10-12(6-9-16-13)14-7-5-8-15-11(2)3/h11-14H,4-10H2,1-3H3. The van der Waals surface area contributed by atoms with Crippen LogP contribution in [0.4, 0.5) is 0 Å². The SMILES string of the molecule is CCC1CC(NCCCOC(C)C)CCO1. The second-order valence-electron chi connectivity index (χ2n) is 4.85. The van der Waals surface area contributed by atoms with Gasteiger partial charge in [-0.25, -0.2) is 0 Å². The van der Waals surface area contributed by atoms with Crippen LogP contribution < -0.4 is 5.32 Å². The molecule has 0 saturated carbocycles. The largest absolute Gasteiger partial charge is 0.379 e. The molecule has 1 fully saturated rings. The predicted octanol–water partition coefficient (Wildman–Crippen LogP) is 2.35. The average molecular weight is 229 g/mol. The van der Waals surface area contributed by atoms with Crippen LogP contribution in [0.5, 0.6) is 0 Å². The van der Waals surface area contributed by atoms with Gasteiger partial charge in [-0.2, -0.15) is 0 Å². The highest BCUT2D eigenvalue weighted by molar-refractivity contribution is 4.75. The Balaban J connectivity index is 1.99. The summed E-state index contributed by atoms with van der Waals surface area (Å²) in [7, 11) is 0. The molecule has 1 rings (SSSR count). The van der Waals surface area contributed by atoms with E-state index in [0.717, 1.165) is 39.0 Å². The van der Waals surface area contributed by atoms with Gasteiger partial charge < -0.3 is 14.8 Å². The average Bonchev–Trinajstić information content (AvgIpc) is 2.28. The predicted molar refractivity (Wildman–Crippen MR) is 66.8 cm³/mol. The minimum Gasteiger partial charge on any atom is -0.379 e. The lowest BCUT2D eigenvalue weighted by Gasteiger charge is -2.29. The summed E-state index contributed by atoms with van der Waals surface area (Å²) < 4.78 is 11.2. The van der Waals surface area contributed by atoms with Gasteiger partial charge >= 0.3 is 0 Å². The molecule has 16 heavy (non-hydrogen) atoms. The van der Waals surface area contributed by atoms with Crippen LogP contribution in [-0.4, -0.2) is 38.0 Å². The quantitative estimate of drug-likeness (QED) is 0.680. The van der Waals surface area contributed by atoms with Gasteiger partial charge in [-0.05, 0) is 46.1 Å². The normalized spacial score (nSPS) is 26.2. The Morgan fingerprint density at radius 2 is 2.25 bits per heavy atom. The second kappa shape index (κ2) is 8.04. The molecule has 2 atom stereocenters. The van der Waals surface area contributed by atoms with E-state index in [0.29, 0.717) is 18.2 Å². The van der Waals surface area contributed by atoms with Crippen molar-refractivity contribution in [1.29, 1.82) is 0 Å². The number of ether oxygens (including phenoxy) is 2. The first-order chi connectivity index (χ1) is 7.72. The maximum Gasteiger partial charge on any atom is 0.0587 e. The van der Waals surface area contributed by atoms with Gasteiger partial charge in [-0.3, -0.25) is 0 Å².